The number of nitrogens with zero attached hydrogens (tertiary/aromatic N) is 1. The molecular weight excluding hydrogens is 388 g/mol. The fourth-order valence-electron chi connectivity index (χ4n) is 3.72. The van der Waals surface area contributed by atoms with E-state index in [1.807, 2.05) is 38.1 Å². The topological polar surface area (TPSA) is 72.8 Å². The molecule has 3 aromatic rings. The first kappa shape index (κ1) is 22.2. The lowest BCUT2D eigenvalue weighted by Gasteiger charge is -2.26. The van der Waals surface area contributed by atoms with Crippen molar-refractivity contribution in [2.75, 3.05) is 24.3 Å². The van der Waals surface area contributed by atoms with Crippen molar-refractivity contribution >= 4 is 17.3 Å². The van der Waals surface area contributed by atoms with Crippen LogP contribution in [0.3, 0.4) is 0 Å². The van der Waals surface area contributed by atoms with Gasteiger partial charge in [-0.3, -0.25) is 0 Å². The van der Waals surface area contributed by atoms with Gasteiger partial charge in [0.2, 0.25) is 0 Å². The predicted octanol–water partition coefficient (Wildman–Crippen LogP) is 5.79. The molecule has 0 fully saturated rings. The maximum absolute atomic E-state index is 11.2. The van der Waals surface area contributed by atoms with Crippen molar-refractivity contribution in [2.24, 2.45) is 0 Å². The summed E-state index contributed by atoms with van der Waals surface area (Å²) < 4.78 is 0. The van der Waals surface area contributed by atoms with Crippen LogP contribution in [0.2, 0.25) is 0 Å². The van der Waals surface area contributed by atoms with Crippen molar-refractivity contribution in [3.63, 3.8) is 0 Å². The van der Waals surface area contributed by atoms with Gasteiger partial charge in [0, 0.05) is 31.0 Å². The number of carboxylic acid groups (broad SMARTS) is 1. The zero-order valence-electron chi connectivity index (χ0n) is 18.7. The van der Waals surface area contributed by atoms with Crippen LogP contribution in [0.4, 0.5) is 11.4 Å². The van der Waals surface area contributed by atoms with E-state index in [4.69, 9.17) is 0 Å². The molecule has 0 aliphatic carbocycles. The molecular formula is C26H30N2O3. The van der Waals surface area contributed by atoms with Crippen molar-refractivity contribution in [1.29, 1.82) is 0 Å². The second-order valence-electron chi connectivity index (χ2n) is 8.33. The fraction of sp³-hybridized carbons (Fsp3) is 0.269. The quantitative estimate of drug-likeness (QED) is 0.453. The zero-order chi connectivity index (χ0) is 22.7. The van der Waals surface area contributed by atoms with Gasteiger partial charge in [0.15, 0.2) is 0 Å². The second-order valence-corrected chi connectivity index (χ2v) is 8.33. The highest BCUT2D eigenvalue weighted by Crippen LogP contribution is 2.39. The molecule has 0 saturated heterocycles. The first-order valence-electron chi connectivity index (χ1n) is 10.4. The van der Waals surface area contributed by atoms with Gasteiger partial charge < -0.3 is 20.4 Å². The van der Waals surface area contributed by atoms with Crippen LogP contribution in [0.5, 0.6) is 5.75 Å². The van der Waals surface area contributed by atoms with E-state index in [-0.39, 0.29) is 17.5 Å². The number of carbonyl (C=O) groups is 1. The summed E-state index contributed by atoms with van der Waals surface area (Å²) in [5.74, 6) is -0.474. The van der Waals surface area contributed by atoms with E-state index in [1.165, 1.54) is 0 Å². The fourth-order valence-corrected chi connectivity index (χ4v) is 3.72. The Morgan fingerprint density at radius 1 is 0.935 bits per heavy atom. The Morgan fingerprint density at radius 3 is 2.06 bits per heavy atom. The number of nitrogens with one attached hydrogen (secondary N) is 1. The number of hydrogen-bond donors (Lipinski definition) is 3. The smallest absolute Gasteiger partial charge is 0.335 e. The zero-order valence-corrected chi connectivity index (χ0v) is 18.7. The third-order valence-corrected chi connectivity index (χ3v) is 5.56. The molecule has 0 spiro atoms. The normalized spacial score (nSPS) is 11.9. The minimum atomic E-state index is -0.958. The van der Waals surface area contributed by atoms with Gasteiger partial charge in [0.1, 0.15) is 5.75 Å². The third-order valence-electron chi connectivity index (χ3n) is 5.56. The summed E-state index contributed by atoms with van der Waals surface area (Å²) in [6.07, 6.45) is 0. The van der Waals surface area contributed by atoms with E-state index >= 15 is 0 Å². The lowest BCUT2D eigenvalue weighted by atomic mass is 9.89. The number of aryl methyl sites for hydroxylation is 1. The van der Waals surface area contributed by atoms with Gasteiger partial charge in [-0.25, -0.2) is 4.79 Å². The summed E-state index contributed by atoms with van der Waals surface area (Å²) in [5, 5.41) is 23.9. The largest absolute Gasteiger partial charge is 0.507 e. The van der Waals surface area contributed by atoms with Gasteiger partial charge in [0.25, 0.3) is 0 Å². The minimum absolute atomic E-state index is 0.186. The van der Waals surface area contributed by atoms with Crippen molar-refractivity contribution < 1.29 is 15.0 Å². The number of hydrogen-bond acceptors (Lipinski definition) is 4. The van der Waals surface area contributed by atoms with Crippen LogP contribution in [0, 0.1) is 6.92 Å². The van der Waals surface area contributed by atoms with Gasteiger partial charge in [-0.1, -0.05) is 38.1 Å². The molecule has 5 nitrogen and oxygen atoms in total. The Bertz CT molecular complexity index is 1060. The number of carboxylic acids is 1. The van der Waals surface area contributed by atoms with Crippen molar-refractivity contribution in [1.82, 2.24) is 0 Å². The molecule has 0 aromatic heterocycles. The van der Waals surface area contributed by atoms with Gasteiger partial charge in [-0.15, -0.1) is 0 Å². The molecule has 0 heterocycles. The van der Waals surface area contributed by atoms with Crippen LogP contribution in [-0.2, 0) is 0 Å². The SMILES string of the molecule is Cc1ccc(C(C)C)c(O)c1C(Nc1ccc(C(=O)O)cc1)c1ccc(N(C)C)cc1. The molecule has 1 unspecified atom stereocenters. The van der Waals surface area contributed by atoms with E-state index in [9.17, 15) is 15.0 Å². The van der Waals surface area contributed by atoms with Crippen molar-refractivity contribution in [3.05, 3.63) is 88.5 Å². The van der Waals surface area contributed by atoms with E-state index in [2.05, 4.69) is 43.4 Å². The number of phenols is 1. The molecule has 1 atom stereocenters. The summed E-state index contributed by atoms with van der Waals surface area (Å²) >= 11 is 0. The molecule has 0 aliphatic heterocycles. The first-order chi connectivity index (χ1) is 14.7. The van der Waals surface area contributed by atoms with Gasteiger partial charge >= 0.3 is 5.97 Å². The number of anilines is 2. The van der Waals surface area contributed by atoms with E-state index in [0.29, 0.717) is 5.75 Å². The van der Waals surface area contributed by atoms with Crippen LogP contribution in [0.25, 0.3) is 0 Å². The maximum Gasteiger partial charge on any atom is 0.335 e. The molecule has 0 saturated carbocycles. The molecule has 31 heavy (non-hydrogen) atoms. The summed E-state index contributed by atoms with van der Waals surface area (Å²) in [6, 6.07) is 18.6. The molecule has 0 bridgehead atoms. The molecule has 0 radical (unpaired) electrons. The highest BCUT2D eigenvalue weighted by molar-refractivity contribution is 5.88. The first-order valence-corrected chi connectivity index (χ1v) is 10.4. The Kier molecular flexibility index (Phi) is 6.54. The second kappa shape index (κ2) is 9.13. The highest BCUT2D eigenvalue weighted by atomic mass is 16.4. The summed E-state index contributed by atoms with van der Waals surface area (Å²) in [4.78, 5) is 13.2. The number of rotatable bonds is 7. The molecule has 3 N–H and O–H groups in total. The third kappa shape index (κ3) is 4.82. The average molecular weight is 419 g/mol. The average Bonchev–Trinajstić information content (AvgIpc) is 2.73. The van der Waals surface area contributed by atoms with Crippen molar-refractivity contribution in [2.45, 2.75) is 32.7 Å². The van der Waals surface area contributed by atoms with Gasteiger partial charge in [-0.2, -0.15) is 0 Å². The minimum Gasteiger partial charge on any atom is -0.507 e. The number of aromatic carboxylic acids is 1. The summed E-state index contributed by atoms with van der Waals surface area (Å²) in [5.41, 5.74) is 5.82. The van der Waals surface area contributed by atoms with E-state index in [0.717, 1.165) is 33.6 Å². The van der Waals surface area contributed by atoms with Crippen LogP contribution in [-0.4, -0.2) is 30.3 Å². The maximum atomic E-state index is 11.2. The van der Waals surface area contributed by atoms with Crippen LogP contribution in [0.15, 0.2) is 60.7 Å². The summed E-state index contributed by atoms with van der Waals surface area (Å²) in [7, 11) is 3.99. The lowest BCUT2D eigenvalue weighted by molar-refractivity contribution is 0.0697. The monoisotopic (exact) mass is 418 g/mol. The molecule has 0 aliphatic rings. The molecule has 3 rings (SSSR count). The molecule has 0 amide bonds. The van der Waals surface area contributed by atoms with Crippen molar-refractivity contribution in [3.8, 4) is 5.75 Å². The van der Waals surface area contributed by atoms with Crippen LogP contribution >= 0.6 is 0 Å². The van der Waals surface area contributed by atoms with E-state index < -0.39 is 5.97 Å². The summed E-state index contributed by atoms with van der Waals surface area (Å²) in [6.45, 7) is 6.12. The standard InChI is InChI=1S/C26H30N2O3/c1-16(2)22-15-6-17(3)23(25(22)29)24(18-9-13-21(14-10-18)28(4)5)27-20-11-7-19(8-12-20)26(30)31/h6-16,24,27,29H,1-5H3,(H,30,31). The Morgan fingerprint density at radius 2 is 1.55 bits per heavy atom. The van der Waals surface area contributed by atoms with Gasteiger partial charge in [0.05, 0.1) is 11.6 Å². The van der Waals surface area contributed by atoms with Gasteiger partial charge in [-0.05, 0) is 65.9 Å². The Hall–Kier alpha value is -3.47. The Balaban J connectivity index is 2.11. The number of aromatic hydroxyl groups is 1. The molecule has 3 aromatic carbocycles. The van der Waals surface area contributed by atoms with Crippen LogP contribution < -0.4 is 10.2 Å². The molecule has 5 heteroatoms. The Labute approximate surface area is 184 Å². The molecule has 162 valence electrons. The highest BCUT2D eigenvalue weighted by Gasteiger charge is 2.23. The predicted molar refractivity (Wildman–Crippen MR) is 127 cm³/mol. The van der Waals surface area contributed by atoms with E-state index in [1.54, 1.807) is 24.3 Å². The number of benzene rings is 3. The lowest BCUT2D eigenvalue weighted by Crippen LogP contribution is -2.15. The van der Waals surface area contributed by atoms with Crippen LogP contribution in [0.1, 0.15) is 58.4 Å². The number of phenolic OH excluding ortho intramolecular Hbond substituents is 1.